The number of nitrogens with zero attached hydrogens (tertiary/aromatic N) is 2. The molecule has 0 radical (unpaired) electrons. The summed E-state index contributed by atoms with van der Waals surface area (Å²) in [7, 11) is 0. The van der Waals surface area contributed by atoms with Crippen LogP contribution in [0.4, 0.5) is 13.2 Å². The molecule has 5 heteroatoms. The number of aromatic nitrogens is 2. The molecule has 2 nitrogen and oxygen atoms in total. The summed E-state index contributed by atoms with van der Waals surface area (Å²) in [5.41, 5.74) is 2.64. The zero-order valence-electron chi connectivity index (χ0n) is 11.1. The maximum Gasteiger partial charge on any atom is 0.161 e. The lowest BCUT2D eigenvalue weighted by molar-refractivity contribution is 0.491. The van der Waals surface area contributed by atoms with Gasteiger partial charge in [0.2, 0.25) is 0 Å². The number of aryl methyl sites for hydroxylation is 1. The fraction of sp³-hybridized carbons (Fsp3) is 0.0625. The third kappa shape index (κ3) is 2.42. The van der Waals surface area contributed by atoms with Crippen LogP contribution in [0.1, 0.15) is 5.56 Å². The molecule has 106 valence electrons. The molecule has 0 saturated heterocycles. The van der Waals surface area contributed by atoms with E-state index in [2.05, 4.69) is 5.10 Å². The zero-order valence-corrected chi connectivity index (χ0v) is 11.1. The van der Waals surface area contributed by atoms with Crippen molar-refractivity contribution in [3.8, 4) is 16.8 Å². The van der Waals surface area contributed by atoms with Gasteiger partial charge >= 0.3 is 0 Å². The van der Waals surface area contributed by atoms with E-state index in [0.29, 0.717) is 6.07 Å². The van der Waals surface area contributed by atoms with Crippen molar-refractivity contribution >= 4 is 0 Å². The molecule has 0 unspecified atom stereocenters. The van der Waals surface area contributed by atoms with Gasteiger partial charge in [-0.25, -0.2) is 17.9 Å². The van der Waals surface area contributed by atoms with Gasteiger partial charge in [0.05, 0.1) is 6.20 Å². The Balaban J connectivity index is 2.07. The van der Waals surface area contributed by atoms with Crippen LogP contribution in [-0.4, -0.2) is 9.78 Å². The predicted octanol–water partition coefficient (Wildman–Crippen LogP) is 4.27. The van der Waals surface area contributed by atoms with Crippen molar-refractivity contribution in [3.05, 3.63) is 71.8 Å². The quantitative estimate of drug-likeness (QED) is 0.644. The average Bonchev–Trinajstić information content (AvgIpc) is 2.92. The molecule has 0 bridgehead atoms. The average molecular weight is 288 g/mol. The first-order valence-corrected chi connectivity index (χ1v) is 6.32. The smallest absolute Gasteiger partial charge is 0.161 e. The molecular formula is C16H11F3N2. The van der Waals surface area contributed by atoms with Gasteiger partial charge in [-0.3, -0.25) is 0 Å². The summed E-state index contributed by atoms with van der Waals surface area (Å²) in [6.45, 7) is 1.95. The lowest BCUT2D eigenvalue weighted by Gasteiger charge is -2.04. The SMILES string of the molecule is Cc1ccccc1-c1cnn(-c2cc(F)c(F)cc2F)c1. The Bertz CT molecular complexity index is 809. The highest BCUT2D eigenvalue weighted by molar-refractivity contribution is 5.66. The van der Waals surface area contributed by atoms with E-state index >= 15 is 0 Å². The van der Waals surface area contributed by atoms with Crippen molar-refractivity contribution in [2.24, 2.45) is 0 Å². The maximum absolute atomic E-state index is 13.7. The fourth-order valence-corrected chi connectivity index (χ4v) is 2.18. The minimum atomic E-state index is -1.22. The molecule has 0 aliphatic rings. The van der Waals surface area contributed by atoms with E-state index in [-0.39, 0.29) is 5.69 Å². The highest BCUT2D eigenvalue weighted by Crippen LogP contribution is 2.24. The van der Waals surface area contributed by atoms with Crippen molar-refractivity contribution in [3.63, 3.8) is 0 Å². The molecule has 0 fully saturated rings. The van der Waals surface area contributed by atoms with Crippen LogP contribution >= 0.6 is 0 Å². The molecule has 3 rings (SSSR count). The Hall–Kier alpha value is -2.56. The number of hydrogen-bond acceptors (Lipinski definition) is 1. The molecule has 0 atom stereocenters. The number of halogens is 3. The number of benzene rings is 2. The Morgan fingerprint density at radius 3 is 2.43 bits per heavy atom. The summed E-state index contributed by atoms with van der Waals surface area (Å²) in [5, 5.41) is 4.02. The first kappa shape index (κ1) is 13.4. The Kier molecular flexibility index (Phi) is 3.25. The van der Waals surface area contributed by atoms with Crippen molar-refractivity contribution in [1.82, 2.24) is 9.78 Å². The van der Waals surface area contributed by atoms with Gasteiger partial charge in [0, 0.05) is 23.9 Å². The monoisotopic (exact) mass is 288 g/mol. The van der Waals surface area contributed by atoms with Crippen LogP contribution in [-0.2, 0) is 0 Å². The van der Waals surface area contributed by atoms with Crippen molar-refractivity contribution < 1.29 is 13.2 Å². The van der Waals surface area contributed by atoms with E-state index in [0.717, 1.165) is 22.8 Å². The summed E-state index contributed by atoms with van der Waals surface area (Å²) in [5.74, 6) is -3.20. The molecule has 0 aliphatic carbocycles. The Morgan fingerprint density at radius 1 is 0.952 bits per heavy atom. The van der Waals surface area contributed by atoms with Crippen LogP contribution in [0.2, 0.25) is 0 Å². The third-order valence-corrected chi connectivity index (χ3v) is 3.28. The predicted molar refractivity (Wildman–Crippen MR) is 73.6 cm³/mol. The third-order valence-electron chi connectivity index (χ3n) is 3.28. The van der Waals surface area contributed by atoms with Crippen LogP contribution < -0.4 is 0 Å². The minimum absolute atomic E-state index is 0.131. The van der Waals surface area contributed by atoms with Crippen LogP contribution in [0.5, 0.6) is 0 Å². The summed E-state index contributed by atoms with van der Waals surface area (Å²) in [4.78, 5) is 0. The zero-order chi connectivity index (χ0) is 15.0. The molecule has 0 aliphatic heterocycles. The largest absolute Gasteiger partial charge is 0.237 e. The van der Waals surface area contributed by atoms with Crippen molar-refractivity contribution in [2.75, 3.05) is 0 Å². The van der Waals surface area contributed by atoms with Crippen molar-refractivity contribution in [1.29, 1.82) is 0 Å². The standard InChI is InChI=1S/C16H11F3N2/c1-10-4-2-3-5-12(10)11-8-20-21(9-11)16-7-14(18)13(17)6-15(16)19/h2-9H,1H3. The van der Waals surface area contributed by atoms with Crippen molar-refractivity contribution in [2.45, 2.75) is 6.92 Å². The molecule has 21 heavy (non-hydrogen) atoms. The van der Waals surface area contributed by atoms with E-state index in [1.165, 1.54) is 4.68 Å². The summed E-state index contributed by atoms with van der Waals surface area (Å²) in [6, 6.07) is 8.97. The molecule has 0 amide bonds. The van der Waals surface area contributed by atoms with Crippen LogP contribution in [0.3, 0.4) is 0 Å². The lowest BCUT2D eigenvalue weighted by atomic mass is 10.0. The first-order chi connectivity index (χ1) is 10.1. The molecule has 0 N–H and O–H groups in total. The molecule has 1 heterocycles. The van der Waals surface area contributed by atoms with Gasteiger partial charge in [-0.15, -0.1) is 0 Å². The molecule has 3 aromatic rings. The van der Waals surface area contributed by atoms with E-state index < -0.39 is 17.5 Å². The van der Waals surface area contributed by atoms with E-state index in [9.17, 15) is 13.2 Å². The maximum atomic E-state index is 13.7. The molecule has 0 saturated carbocycles. The summed E-state index contributed by atoms with van der Waals surface area (Å²) < 4.78 is 41.1. The summed E-state index contributed by atoms with van der Waals surface area (Å²) >= 11 is 0. The lowest BCUT2D eigenvalue weighted by Crippen LogP contribution is -2.00. The van der Waals surface area contributed by atoms with Crippen LogP contribution in [0.15, 0.2) is 48.8 Å². The topological polar surface area (TPSA) is 17.8 Å². The van der Waals surface area contributed by atoms with Gasteiger partial charge in [0.15, 0.2) is 17.5 Å². The molecule has 1 aromatic heterocycles. The second kappa shape index (κ2) is 5.09. The highest BCUT2D eigenvalue weighted by Gasteiger charge is 2.13. The van der Waals surface area contributed by atoms with Gasteiger partial charge in [-0.1, -0.05) is 24.3 Å². The van der Waals surface area contributed by atoms with Crippen LogP contribution in [0, 0.1) is 24.4 Å². The Labute approximate surface area is 119 Å². The normalized spacial score (nSPS) is 10.9. The van der Waals surface area contributed by atoms with Gasteiger partial charge in [0.1, 0.15) is 5.69 Å². The molecule has 0 spiro atoms. The first-order valence-electron chi connectivity index (χ1n) is 6.32. The van der Waals surface area contributed by atoms with E-state index in [1.54, 1.807) is 12.4 Å². The molecular weight excluding hydrogens is 277 g/mol. The van der Waals surface area contributed by atoms with E-state index in [4.69, 9.17) is 0 Å². The Morgan fingerprint density at radius 2 is 1.67 bits per heavy atom. The number of rotatable bonds is 2. The van der Waals surface area contributed by atoms with E-state index in [1.807, 2.05) is 31.2 Å². The summed E-state index contributed by atoms with van der Waals surface area (Å²) in [6.07, 6.45) is 3.14. The molecule has 2 aromatic carbocycles. The van der Waals surface area contributed by atoms with Gasteiger partial charge in [-0.2, -0.15) is 5.10 Å². The number of hydrogen-bond donors (Lipinski definition) is 0. The van der Waals surface area contributed by atoms with Gasteiger partial charge in [0.25, 0.3) is 0 Å². The highest BCUT2D eigenvalue weighted by atomic mass is 19.2. The van der Waals surface area contributed by atoms with Gasteiger partial charge in [-0.05, 0) is 18.1 Å². The second-order valence-electron chi connectivity index (χ2n) is 4.71. The van der Waals surface area contributed by atoms with Gasteiger partial charge < -0.3 is 0 Å². The second-order valence-corrected chi connectivity index (χ2v) is 4.71. The fourth-order valence-electron chi connectivity index (χ4n) is 2.18. The minimum Gasteiger partial charge on any atom is -0.237 e. The van der Waals surface area contributed by atoms with Crippen LogP contribution in [0.25, 0.3) is 16.8 Å².